The molecule has 2 aromatic carbocycles. The monoisotopic (exact) mass is 395 g/mol. The minimum atomic E-state index is -0.242. The number of anilines is 1. The van der Waals surface area contributed by atoms with Gasteiger partial charge in [0.1, 0.15) is 11.6 Å². The van der Waals surface area contributed by atoms with Crippen LogP contribution in [0, 0.1) is 11.3 Å². The second-order valence-corrected chi connectivity index (χ2v) is 7.76. The fourth-order valence-electron chi connectivity index (χ4n) is 4.48. The smallest absolute Gasteiger partial charge is 0.270 e. The van der Waals surface area contributed by atoms with Crippen molar-refractivity contribution in [3.63, 3.8) is 0 Å². The minimum Gasteiger partial charge on any atom is -0.370 e. The maximum atomic E-state index is 12.8. The molecule has 5 rings (SSSR count). The zero-order valence-electron chi connectivity index (χ0n) is 16.7. The lowest BCUT2D eigenvalue weighted by Gasteiger charge is -2.34. The first-order valence-corrected chi connectivity index (χ1v) is 10.2. The van der Waals surface area contributed by atoms with E-state index in [1.807, 2.05) is 54.7 Å². The quantitative estimate of drug-likeness (QED) is 0.517. The predicted molar refractivity (Wildman–Crippen MR) is 118 cm³/mol. The number of para-hydroxylation sites is 3. The third-order valence-electron chi connectivity index (χ3n) is 6.08. The second-order valence-electron chi connectivity index (χ2n) is 7.76. The number of aryl methyl sites for hydroxylation is 1. The van der Waals surface area contributed by atoms with Gasteiger partial charge in [0, 0.05) is 37.6 Å². The number of hydrogen-bond donors (Lipinski definition) is 0. The summed E-state index contributed by atoms with van der Waals surface area (Å²) in [6.07, 6.45) is 3.69. The molecule has 0 radical (unpaired) electrons. The third kappa shape index (κ3) is 2.91. The minimum absolute atomic E-state index is 0.222. The molecule has 6 heteroatoms. The van der Waals surface area contributed by atoms with Crippen LogP contribution in [0.4, 0.5) is 5.69 Å². The number of fused-ring (bicyclic) bond motifs is 2. The number of aromatic nitrogens is 3. The first-order chi connectivity index (χ1) is 14.7. The molecule has 4 aromatic rings. The number of benzene rings is 2. The van der Waals surface area contributed by atoms with E-state index in [-0.39, 0.29) is 11.1 Å². The van der Waals surface area contributed by atoms with E-state index in [2.05, 4.69) is 16.0 Å². The van der Waals surface area contributed by atoms with Crippen LogP contribution < -0.4 is 10.5 Å². The molecule has 0 aliphatic carbocycles. The Morgan fingerprint density at radius 3 is 2.50 bits per heavy atom. The van der Waals surface area contributed by atoms with Crippen molar-refractivity contribution in [2.75, 3.05) is 18.0 Å². The van der Waals surface area contributed by atoms with Crippen LogP contribution in [-0.2, 0) is 7.05 Å². The molecule has 0 atom stereocenters. The van der Waals surface area contributed by atoms with Gasteiger partial charge in [0.2, 0.25) is 0 Å². The second kappa shape index (κ2) is 7.27. The first kappa shape index (κ1) is 18.3. The lowest BCUT2D eigenvalue weighted by Crippen LogP contribution is -2.36. The number of nitriles is 1. The average Bonchev–Trinajstić information content (AvgIpc) is 2.81. The van der Waals surface area contributed by atoms with Gasteiger partial charge in [-0.05, 0) is 31.0 Å². The number of piperidine rings is 1. The van der Waals surface area contributed by atoms with Gasteiger partial charge in [-0.2, -0.15) is 5.26 Å². The maximum absolute atomic E-state index is 12.8. The Bertz CT molecular complexity index is 1360. The van der Waals surface area contributed by atoms with E-state index in [1.54, 1.807) is 11.6 Å². The van der Waals surface area contributed by atoms with Crippen LogP contribution in [0.1, 0.15) is 30.0 Å². The van der Waals surface area contributed by atoms with E-state index < -0.39 is 0 Å². The lowest BCUT2D eigenvalue weighted by atomic mass is 9.92. The summed E-state index contributed by atoms with van der Waals surface area (Å²) in [5, 5.41) is 10.7. The van der Waals surface area contributed by atoms with Crippen molar-refractivity contribution >= 4 is 27.6 Å². The van der Waals surface area contributed by atoms with E-state index >= 15 is 0 Å². The van der Waals surface area contributed by atoms with Crippen molar-refractivity contribution in [2.45, 2.75) is 18.8 Å². The van der Waals surface area contributed by atoms with Crippen molar-refractivity contribution in [1.82, 2.24) is 14.5 Å². The fourth-order valence-corrected chi connectivity index (χ4v) is 4.48. The molecule has 1 aliphatic rings. The summed E-state index contributed by atoms with van der Waals surface area (Å²) >= 11 is 0. The summed E-state index contributed by atoms with van der Waals surface area (Å²) in [6.45, 7) is 1.54. The van der Waals surface area contributed by atoms with Crippen LogP contribution >= 0.6 is 0 Å². The van der Waals surface area contributed by atoms with Gasteiger partial charge in [-0.15, -0.1) is 0 Å². The molecule has 0 amide bonds. The highest BCUT2D eigenvalue weighted by Gasteiger charge is 2.26. The Morgan fingerprint density at radius 2 is 1.73 bits per heavy atom. The highest BCUT2D eigenvalue weighted by atomic mass is 16.1. The van der Waals surface area contributed by atoms with Crippen molar-refractivity contribution in [3.8, 4) is 6.07 Å². The Balaban J connectivity index is 1.48. The molecule has 0 saturated carbocycles. The van der Waals surface area contributed by atoms with Gasteiger partial charge >= 0.3 is 0 Å². The number of nitrogens with zero attached hydrogens (tertiary/aromatic N) is 5. The summed E-state index contributed by atoms with van der Waals surface area (Å²) in [4.78, 5) is 24.4. The highest BCUT2D eigenvalue weighted by molar-refractivity contribution is 5.95. The van der Waals surface area contributed by atoms with Crippen molar-refractivity contribution in [3.05, 3.63) is 76.3 Å². The summed E-state index contributed by atoms with van der Waals surface area (Å²) in [5.41, 5.74) is 4.43. The molecule has 0 bridgehead atoms. The summed E-state index contributed by atoms with van der Waals surface area (Å²) in [7, 11) is 1.72. The Labute approximate surface area is 174 Å². The van der Waals surface area contributed by atoms with Gasteiger partial charge in [0.05, 0.1) is 27.9 Å². The standard InChI is InChI=1S/C24H21N5O/c1-28-22-9-5-2-6-17(22)23(18(14-25)24(28)30)29-12-10-16(11-13-29)21-15-26-19-7-3-4-8-20(19)27-21/h2-9,15-16H,10-13H2,1H3. The van der Waals surface area contributed by atoms with Crippen LogP contribution in [0.3, 0.4) is 0 Å². The van der Waals surface area contributed by atoms with Crippen molar-refractivity contribution in [2.24, 2.45) is 7.05 Å². The van der Waals surface area contributed by atoms with E-state index in [1.165, 1.54) is 0 Å². The largest absolute Gasteiger partial charge is 0.370 e. The molecule has 2 aromatic heterocycles. The Kier molecular flexibility index (Phi) is 4.44. The number of rotatable bonds is 2. The topological polar surface area (TPSA) is 74.8 Å². The van der Waals surface area contributed by atoms with Crippen LogP contribution in [-0.4, -0.2) is 27.6 Å². The van der Waals surface area contributed by atoms with Crippen LogP contribution in [0.2, 0.25) is 0 Å². The first-order valence-electron chi connectivity index (χ1n) is 10.2. The van der Waals surface area contributed by atoms with E-state index in [0.717, 1.165) is 59.2 Å². The van der Waals surface area contributed by atoms with Gasteiger partial charge < -0.3 is 9.47 Å². The molecule has 148 valence electrons. The average molecular weight is 395 g/mol. The zero-order valence-corrected chi connectivity index (χ0v) is 16.7. The summed E-state index contributed by atoms with van der Waals surface area (Å²) in [5.74, 6) is 0.321. The lowest BCUT2D eigenvalue weighted by molar-refractivity contribution is 0.496. The van der Waals surface area contributed by atoms with E-state index in [9.17, 15) is 10.1 Å². The summed E-state index contributed by atoms with van der Waals surface area (Å²) < 4.78 is 1.56. The molecule has 0 unspecified atom stereocenters. The van der Waals surface area contributed by atoms with Crippen LogP contribution in [0.15, 0.2) is 59.5 Å². The molecule has 1 aliphatic heterocycles. The molecule has 6 nitrogen and oxygen atoms in total. The van der Waals surface area contributed by atoms with Gasteiger partial charge in [0.15, 0.2) is 0 Å². The fraction of sp³-hybridized carbons (Fsp3) is 0.250. The summed E-state index contributed by atoms with van der Waals surface area (Å²) in [6, 6.07) is 17.9. The van der Waals surface area contributed by atoms with Gasteiger partial charge in [0.25, 0.3) is 5.56 Å². The Hall–Kier alpha value is -3.72. The van der Waals surface area contributed by atoms with E-state index in [4.69, 9.17) is 4.98 Å². The van der Waals surface area contributed by atoms with Crippen LogP contribution in [0.25, 0.3) is 21.9 Å². The number of hydrogen-bond acceptors (Lipinski definition) is 5. The third-order valence-corrected chi connectivity index (χ3v) is 6.08. The normalized spacial score (nSPS) is 14.9. The predicted octanol–water partition coefficient (Wildman–Crippen LogP) is 3.74. The highest BCUT2D eigenvalue weighted by Crippen LogP contribution is 2.34. The molecular weight excluding hydrogens is 374 g/mol. The molecular formula is C24H21N5O. The van der Waals surface area contributed by atoms with Crippen molar-refractivity contribution in [1.29, 1.82) is 5.26 Å². The molecule has 0 spiro atoms. The molecule has 0 N–H and O–H groups in total. The maximum Gasteiger partial charge on any atom is 0.270 e. The van der Waals surface area contributed by atoms with E-state index in [0.29, 0.717) is 5.92 Å². The Morgan fingerprint density at radius 1 is 1.03 bits per heavy atom. The SMILES string of the molecule is Cn1c(=O)c(C#N)c(N2CCC(c3cnc4ccccc4n3)CC2)c2ccccc21. The van der Waals surface area contributed by atoms with Crippen LogP contribution in [0.5, 0.6) is 0 Å². The van der Waals surface area contributed by atoms with Gasteiger partial charge in [-0.1, -0.05) is 30.3 Å². The number of pyridine rings is 1. The van der Waals surface area contributed by atoms with Gasteiger partial charge in [-0.3, -0.25) is 9.78 Å². The van der Waals surface area contributed by atoms with Crippen molar-refractivity contribution < 1.29 is 0 Å². The zero-order chi connectivity index (χ0) is 20.7. The molecule has 1 fully saturated rings. The van der Waals surface area contributed by atoms with Gasteiger partial charge in [-0.25, -0.2) is 4.98 Å². The molecule has 1 saturated heterocycles. The molecule has 3 heterocycles. The molecule has 30 heavy (non-hydrogen) atoms.